The number of fused-ring (bicyclic) bond motifs is 1. The molecule has 0 bridgehead atoms. The largest absolute Gasteiger partial charge is 0.371 e. The Morgan fingerprint density at radius 2 is 2.26 bits per heavy atom. The number of nitrogens with zero attached hydrogens (tertiary/aromatic N) is 2. The molecular formula is C15H25N3O. The highest BCUT2D eigenvalue weighted by Crippen LogP contribution is 2.27. The third-order valence-corrected chi connectivity index (χ3v) is 3.70. The van der Waals surface area contributed by atoms with Gasteiger partial charge in [-0.1, -0.05) is 19.8 Å². The molecule has 0 fully saturated rings. The highest BCUT2D eigenvalue weighted by Gasteiger charge is 2.20. The van der Waals surface area contributed by atoms with E-state index in [0.29, 0.717) is 6.61 Å². The zero-order valence-electron chi connectivity index (χ0n) is 12.1. The lowest BCUT2D eigenvalue weighted by Gasteiger charge is -2.17. The minimum Gasteiger partial charge on any atom is -0.371 e. The minimum absolute atomic E-state index is 0.0276. The van der Waals surface area contributed by atoms with E-state index in [1.54, 1.807) is 0 Å². The number of ether oxygens (including phenoxy) is 1. The van der Waals surface area contributed by atoms with Crippen LogP contribution in [0, 0.1) is 0 Å². The van der Waals surface area contributed by atoms with E-state index in [9.17, 15) is 0 Å². The topological polar surface area (TPSA) is 61.0 Å². The minimum atomic E-state index is 0.0276. The maximum atomic E-state index is 6.18. The highest BCUT2D eigenvalue weighted by atomic mass is 16.5. The van der Waals surface area contributed by atoms with Crippen molar-refractivity contribution in [3.8, 4) is 0 Å². The maximum Gasteiger partial charge on any atom is 0.157 e. The Morgan fingerprint density at radius 3 is 3.00 bits per heavy atom. The van der Waals surface area contributed by atoms with Crippen LogP contribution in [0.2, 0.25) is 0 Å². The van der Waals surface area contributed by atoms with E-state index in [4.69, 9.17) is 15.5 Å². The summed E-state index contributed by atoms with van der Waals surface area (Å²) < 4.78 is 5.76. The molecule has 2 N–H and O–H groups in total. The third-order valence-electron chi connectivity index (χ3n) is 3.70. The van der Waals surface area contributed by atoms with Crippen LogP contribution in [0.4, 0.5) is 0 Å². The van der Waals surface area contributed by atoms with Crippen LogP contribution in [0.5, 0.6) is 0 Å². The van der Waals surface area contributed by atoms with E-state index in [-0.39, 0.29) is 12.1 Å². The van der Waals surface area contributed by atoms with Gasteiger partial charge in [0.2, 0.25) is 0 Å². The van der Waals surface area contributed by atoms with E-state index in [2.05, 4.69) is 11.9 Å². The lowest BCUT2D eigenvalue weighted by atomic mass is 10.1. The van der Waals surface area contributed by atoms with Gasteiger partial charge in [-0.25, -0.2) is 9.97 Å². The van der Waals surface area contributed by atoms with E-state index >= 15 is 0 Å². The molecule has 2 unspecified atom stereocenters. The normalized spacial score (nSPS) is 20.7. The van der Waals surface area contributed by atoms with Gasteiger partial charge in [0.05, 0.1) is 0 Å². The Kier molecular flexibility index (Phi) is 5.28. The summed E-state index contributed by atoms with van der Waals surface area (Å²) in [6.45, 7) is 4.87. The van der Waals surface area contributed by atoms with Crippen LogP contribution < -0.4 is 5.73 Å². The first-order valence-corrected chi connectivity index (χ1v) is 7.49. The van der Waals surface area contributed by atoms with Crippen molar-refractivity contribution in [1.82, 2.24) is 9.97 Å². The zero-order chi connectivity index (χ0) is 13.7. The second-order valence-electron chi connectivity index (χ2n) is 5.22. The van der Waals surface area contributed by atoms with Crippen LogP contribution in [-0.4, -0.2) is 16.6 Å². The van der Waals surface area contributed by atoms with E-state index < -0.39 is 0 Å². The van der Waals surface area contributed by atoms with Crippen molar-refractivity contribution < 1.29 is 4.74 Å². The maximum absolute atomic E-state index is 6.18. The molecule has 19 heavy (non-hydrogen) atoms. The second kappa shape index (κ2) is 6.96. The van der Waals surface area contributed by atoms with Gasteiger partial charge in [-0.3, -0.25) is 0 Å². The molecule has 2 rings (SSSR count). The van der Waals surface area contributed by atoms with Crippen LogP contribution in [0.15, 0.2) is 6.20 Å². The summed E-state index contributed by atoms with van der Waals surface area (Å²) in [5.74, 6) is 0.830. The predicted octanol–water partition coefficient (Wildman–Crippen LogP) is 3.08. The smallest absolute Gasteiger partial charge is 0.157 e. The van der Waals surface area contributed by atoms with Gasteiger partial charge in [-0.2, -0.15) is 0 Å². The van der Waals surface area contributed by atoms with E-state index in [1.807, 2.05) is 13.1 Å². The number of rotatable bonds is 5. The molecule has 0 amide bonds. The summed E-state index contributed by atoms with van der Waals surface area (Å²) in [7, 11) is 0. The quantitative estimate of drug-likeness (QED) is 0.829. The molecule has 4 heteroatoms. The molecule has 106 valence electrons. The fourth-order valence-electron chi connectivity index (χ4n) is 2.67. The first-order valence-electron chi connectivity index (χ1n) is 7.49. The van der Waals surface area contributed by atoms with Crippen molar-refractivity contribution in [1.29, 1.82) is 0 Å². The Labute approximate surface area is 115 Å². The van der Waals surface area contributed by atoms with Crippen molar-refractivity contribution in [2.24, 2.45) is 5.73 Å². The Morgan fingerprint density at radius 1 is 1.42 bits per heavy atom. The van der Waals surface area contributed by atoms with Gasteiger partial charge < -0.3 is 10.5 Å². The van der Waals surface area contributed by atoms with Crippen LogP contribution >= 0.6 is 0 Å². The van der Waals surface area contributed by atoms with Gasteiger partial charge in [0.1, 0.15) is 6.10 Å². The van der Waals surface area contributed by atoms with Gasteiger partial charge in [0, 0.05) is 30.1 Å². The number of hydrogen-bond acceptors (Lipinski definition) is 4. The Hall–Kier alpha value is -1.00. The SMILES string of the molecule is CCCC(OCC)c1ncc2c(n1)CCCCC2N. The van der Waals surface area contributed by atoms with Crippen LogP contribution in [0.3, 0.4) is 0 Å². The molecule has 0 saturated carbocycles. The van der Waals surface area contributed by atoms with Gasteiger partial charge in [-0.15, -0.1) is 0 Å². The molecule has 1 aliphatic carbocycles. The van der Waals surface area contributed by atoms with Gasteiger partial charge >= 0.3 is 0 Å². The molecule has 1 aliphatic rings. The van der Waals surface area contributed by atoms with Crippen LogP contribution in [-0.2, 0) is 11.2 Å². The molecule has 4 nitrogen and oxygen atoms in total. The van der Waals surface area contributed by atoms with Crippen molar-refractivity contribution in [3.05, 3.63) is 23.3 Å². The molecule has 1 aromatic heterocycles. The van der Waals surface area contributed by atoms with E-state index in [0.717, 1.165) is 42.8 Å². The van der Waals surface area contributed by atoms with Crippen molar-refractivity contribution >= 4 is 0 Å². The van der Waals surface area contributed by atoms with Crippen molar-refractivity contribution in [2.45, 2.75) is 64.5 Å². The fourth-order valence-corrected chi connectivity index (χ4v) is 2.67. The predicted molar refractivity (Wildman–Crippen MR) is 75.8 cm³/mol. The Bertz CT molecular complexity index is 402. The van der Waals surface area contributed by atoms with Gasteiger partial charge in [0.25, 0.3) is 0 Å². The van der Waals surface area contributed by atoms with E-state index in [1.165, 1.54) is 12.8 Å². The molecule has 1 aromatic rings. The number of nitrogens with two attached hydrogens (primary N) is 1. The lowest BCUT2D eigenvalue weighted by Crippen LogP contribution is -2.15. The molecular weight excluding hydrogens is 238 g/mol. The standard InChI is InChI=1S/C15H25N3O/c1-3-7-14(19-4-2)15-17-10-11-12(16)8-5-6-9-13(11)18-15/h10,12,14H,3-9,16H2,1-2H3. The second-order valence-corrected chi connectivity index (χ2v) is 5.22. The summed E-state index contributed by atoms with van der Waals surface area (Å²) in [4.78, 5) is 9.25. The number of hydrogen-bond donors (Lipinski definition) is 1. The van der Waals surface area contributed by atoms with Gasteiger partial charge in [0.15, 0.2) is 5.82 Å². The first kappa shape index (κ1) is 14.4. The summed E-state index contributed by atoms with van der Waals surface area (Å²) in [5.41, 5.74) is 8.45. The molecule has 0 spiro atoms. The Balaban J connectivity index is 2.25. The molecule has 2 atom stereocenters. The van der Waals surface area contributed by atoms with Crippen molar-refractivity contribution in [3.63, 3.8) is 0 Å². The number of aryl methyl sites for hydroxylation is 1. The third kappa shape index (κ3) is 3.51. The first-order chi connectivity index (χ1) is 9.26. The molecule has 0 aliphatic heterocycles. The average Bonchev–Trinajstić information content (AvgIpc) is 2.60. The molecule has 0 saturated heterocycles. The summed E-state index contributed by atoms with van der Waals surface area (Å²) in [6.07, 6.45) is 8.41. The fraction of sp³-hybridized carbons (Fsp3) is 0.733. The van der Waals surface area contributed by atoms with Gasteiger partial charge in [-0.05, 0) is 32.6 Å². The molecule has 0 radical (unpaired) electrons. The monoisotopic (exact) mass is 263 g/mol. The lowest BCUT2D eigenvalue weighted by molar-refractivity contribution is 0.0491. The van der Waals surface area contributed by atoms with Crippen LogP contribution in [0.25, 0.3) is 0 Å². The summed E-state index contributed by atoms with van der Waals surface area (Å²) in [6, 6.07) is 0.100. The van der Waals surface area contributed by atoms with Crippen LogP contribution in [0.1, 0.15) is 75.2 Å². The zero-order valence-corrected chi connectivity index (χ0v) is 12.1. The highest BCUT2D eigenvalue weighted by molar-refractivity contribution is 5.23. The average molecular weight is 263 g/mol. The summed E-state index contributed by atoms with van der Waals surface area (Å²) >= 11 is 0. The molecule has 0 aromatic carbocycles. The summed E-state index contributed by atoms with van der Waals surface area (Å²) in [5, 5.41) is 0. The van der Waals surface area contributed by atoms with Crippen molar-refractivity contribution in [2.75, 3.05) is 6.61 Å². The molecule has 1 heterocycles. The number of aromatic nitrogens is 2.